The largest absolute Gasteiger partial charge is 0.497 e. The smallest absolute Gasteiger partial charge is 0.219 e. The number of methoxy groups -OCH3 is 1. The lowest BCUT2D eigenvalue weighted by Crippen LogP contribution is -2.08. The first kappa shape index (κ1) is 20.4. The van der Waals surface area contributed by atoms with Gasteiger partial charge in [-0.3, -0.25) is 9.59 Å². The molecule has 3 aromatic carbocycles. The lowest BCUT2D eigenvalue weighted by atomic mass is 10.0. The zero-order valence-corrected chi connectivity index (χ0v) is 17.7. The van der Waals surface area contributed by atoms with Gasteiger partial charge in [-0.05, 0) is 42.0 Å². The molecule has 1 atom stereocenters. The highest BCUT2D eigenvalue weighted by molar-refractivity contribution is 9.10. The van der Waals surface area contributed by atoms with Crippen molar-refractivity contribution in [3.63, 3.8) is 0 Å². The summed E-state index contributed by atoms with van der Waals surface area (Å²) in [6.07, 6.45) is 0.233. The minimum atomic E-state index is -0.268. The normalized spacial score (nSPS) is 11.6. The van der Waals surface area contributed by atoms with Gasteiger partial charge in [0.05, 0.1) is 7.11 Å². The van der Waals surface area contributed by atoms with Crippen LogP contribution in [0, 0.1) is 0 Å². The van der Waals surface area contributed by atoms with E-state index in [1.54, 1.807) is 43.5 Å². The number of hydrogen-bond donors (Lipinski definition) is 0. The molecule has 0 amide bonds. The maximum Gasteiger partial charge on any atom is 0.219 e. The van der Waals surface area contributed by atoms with E-state index in [0.717, 1.165) is 10.0 Å². The Hall–Kier alpha value is -2.37. The molecule has 0 bridgehead atoms. The fourth-order valence-electron chi connectivity index (χ4n) is 2.74. The van der Waals surface area contributed by atoms with Crippen LogP contribution in [0.15, 0.2) is 83.3 Å². The van der Waals surface area contributed by atoms with E-state index < -0.39 is 0 Å². The first-order chi connectivity index (χ1) is 13.6. The molecule has 0 spiro atoms. The monoisotopic (exact) mass is 454 g/mol. The molecule has 0 heterocycles. The highest BCUT2D eigenvalue weighted by atomic mass is 79.9. The average molecular weight is 455 g/mol. The van der Waals surface area contributed by atoms with Gasteiger partial charge < -0.3 is 4.74 Å². The number of thioether (sulfide) groups is 1. The molecule has 0 aliphatic carbocycles. The van der Waals surface area contributed by atoms with Crippen LogP contribution in [0.4, 0.5) is 0 Å². The van der Waals surface area contributed by atoms with Crippen LogP contribution in [0.5, 0.6) is 5.75 Å². The Kier molecular flexibility index (Phi) is 7.06. The number of benzene rings is 3. The molecule has 0 aliphatic heterocycles. The van der Waals surface area contributed by atoms with Gasteiger partial charge in [-0.1, -0.05) is 70.2 Å². The molecule has 28 heavy (non-hydrogen) atoms. The van der Waals surface area contributed by atoms with Crippen LogP contribution < -0.4 is 4.74 Å². The van der Waals surface area contributed by atoms with Crippen molar-refractivity contribution in [2.24, 2.45) is 0 Å². The van der Waals surface area contributed by atoms with Crippen LogP contribution in [0.25, 0.3) is 0 Å². The van der Waals surface area contributed by atoms with Crippen molar-refractivity contribution in [2.75, 3.05) is 7.11 Å². The van der Waals surface area contributed by atoms with Gasteiger partial charge in [0.1, 0.15) is 5.75 Å². The van der Waals surface area contributed by atoms with Gasteiger partial charge in [0, 0.05) is 27.3 Å². The molecule has 0 radical (unpaired) electrons. The fraction of sp³-hybridized carbons (Fsp3) is 0.130. The van der Waals surface area contributed by atoms with Crippen molar-refractivity contribution in [1.82, 2.24) is 0 Å². The van der Waals surface area contributed by atoms with E-state index in [4.69, 9.17) is 4.74 Å². The number of ether oxygens (including phenoxy) is 1. The fourth-order valence-corrected chi connectivity index (χ4v) is 4.06. The second-order valence-corrected chi connectivity index (χ2v) is 8.26. The van der Waals surface area contributed by atoms with Crippen molar-refractivity contribution in [2.45, 2.75) is 11.7 Å². The molecule has 3 rings (SSSR count). The van der Waals surface area contributed by atoms with Gasteiger partial charge in [0.25, 0.3) is 0 Å². The van der Waals surface area contributed by atoms with Gasteiger partial charge >= 0.3 is 0 Å². The predicted molar refractivity (Wildman–Crippen MR) is 117 cm³/mol. The second kappa shape index (κ2) is 9.71. The highest BCUT2D eigenvalue weighted by Crippen LogP contribution is 2.36. The van der Waals surface area contributed by atoms with Gasteiger partial charge in [0.15, 0.2) is 5.78 Å². The molecule has 0 N–H and O–H groups in total. The zero-order chi connectivity index (χ0) is 19.9. The summed E-state index contributed by atoms with van der Waals surface area (Å²) in [6, 6.07) is 23.9. The van der Waals surface area contributed by atoms with E-state index in [0.29, 0.717) is 16.9 Å². The molecular weight excluding hydrogens is 436 g/mol. The molecule has 0 aromatic heterocycles. The molecule has 142 valence electrons. The maximum absolute atomic E-state index is 12.8. The van der Waals surface area contributed by atoms with Crippen LogP contribution in [0.1, 0.15) is 38.0 Å². The van der Waals surface area contributed by atoms with E-state index in [2.05, 4.69) is 15.9 Å². The van der Waals surface area contributed by atoms with E-state index in [-0.39, 0.29) is 22.6 Å². The Morgan fingerprint density at radius 2 is 1.54 bits per heavy atom. The van der Waals surface area contributed by atoms with Crippen molar-refractivity contribution in [3.05, 3.63) is 100 Å². The van der Waals surface area contributed by atoms with E-state index in [1.807, 2.05) is 42.5 Å². The molecule has 5 heteroatoms. The third kappa shape index (κ3) is 5.33. The number of Topliss-reactive ketones (excluding diaryl/α,β-unsaturated/α-hetero) is 1. The van der Waals surface area contributed by atoms with Crippen molar-refractivity contribution < 1.29 is 14.3 Å². The third-order valence-corrected chi connectivity index (χ3v) is 5.99. The molecule has 0 aliphatic rings. The minimum absolute atomic E-state index is 0.0102. The standard InChI is InChI=1S/C23H19BrO3S/c1-27-20-13-9-16(10-14-20)21(25)15-22(17-7-11-19(24)12-8-17)28-23(26)18-5-3-2-4-6-18/h2-14,22H,15H2,1H3. The SMILES string of the molecule is COc1ccc(C(=O)CC(SC(=O)c2ccccc2)c2ccc(Br)cc2)cc1. The summed E-state index contributed by atoms with van der Waals surface area (Å²) in [6.45, 7) is 0. The first-order valence-corrected chi connectivity index (χ1v) is 10.4. The minimum Gasteiger partial charge on any atom is -0.497 e. The van der Waals surface area contributed by atoms with Crippen molar-refractivity contribution in [1.29, 1.82) is 0 Å². The second-order valence-electron chi connectivity index (χ2n) is 6.17. The topological polar surface area (TPSA) is 43.4 Å². The zero-order valence-electron chi connectivity index (χ0n) is 15.3. The lowest BCUT2D eigenvalue weighted by Gasteiger charge is -2.16. The average Bonchev–Trinajstić information content (AvgIpc) is 2.74. The molecule has 0 fully saturated rings. The van der Waals surface area contributed by atoms with Gasteiger partial charge in [-0.15, -0.1) is 0 Å². The van der Waals surface area contributed by atoms with Crippen LogP contribution in [-0.2, 0) is 0 Å². The Balaban J connectivity index is 1.82. The predicted octanol–water partition coefficient (Wildman–Crippen LogP) is 6.35. The first-order valence-electron chi connectivity index (χ1n) is 8.75. The molecule has 0 saturated heterocycles. The van der Waals surface area contributed by atoms with E-state index in [1.165, 1.54) is 11.8 Å². The lowest BCUT2D eigenvalue weighted by molar-refractivity contribution is 0.0982. The summed E-state index contributed by atoms with van der Waals surface area (Å²) in [5.74, 6) is 0.693. The molecule has 0 saturated carbocycles. The Bertz CT molecular complexity index is 938. The summed E-state index contributed by atoms with van der Waals surface area (Å²) in [5.41, 5.74) is 2.18. The number of ketones is 1. The van der Waals surface area contributed by atoms with Crippen LogP contribution >= 0.6 is 27.7 Å². The Morgan fingerprint density at radius 3 is 2.14 bits per heavy atom. The van der Waals surface area contributed by atoms with Gasteiger partial charge in [0.2, 0.25) is 5.12 Å². The van der Waals surface area contributed by atoms with E-state index in [9.17, 15) is 9.59 Å². The van der Waals surface area contributed by atoms with Crippen molar-refractivity contribution in [3.8, 4) is 5.75 Å². The summed E-state index contributed by atoms with van der Waals surface area (Å²) >= 11 is 4.62. The van der Waals surface area contributed by atoms with Crippen LogP contribution in [-0.4, -0.2) is 18.0 Å². The van der Waals surface area contributed by atoms with Crippen molar-refractivity contribution >= 4 is 38.6 Å². The summed E-state index contributed by atoms with van der Waals surface area (Å²) in [7, 11) is 1.59. The number of halogens is 1. The maximum atomic E-state index is 12.8. The molecule has 3 aromatic rings. The summed E-state index contributed by atoms with van der Waals surface area (Å²) in [5, 5.41) is -0.313. The van der Waals surface area contributed by atoms with Gasteiger partial charge in [-0.2, -0.15) is 0 Å². The molecule has 3 nitrogen and oxygen atoms in total. The summed E-state index contributed by atoms with van der Waals surface area (Å²) < 4.78 is 6.10. The summed E-state index contributed by atoms with van der Waals surface area (Å²) in [4.78, 5) is 25.6. The van der Waals surface area contributed by atoms with Crippen LogP contribution in [0.2, 0.25) is 0 Å². The molecule has 1 unspecified atom stereocenters. The third-order valence-electron chi connectivity index (χ3n) is 4.28. The number of carbonyl (C=O) groups excluding carboxylic acids is 2. The Labute approximate surface area is 177 Å². The number of carbonyl (C=O) groups is 2. The Morgan fingerprint density at radius 1 is 0.893 bits per heavy atom. The quantitative estimate of drug-likeness (QED) is 0.390. The molecular formula is C23H19BrO3S. The van der Waals surface area contributed by atoms with Gasteiger partial charge in [-0.25, -0.2) is 0 Å². The number of hydrogen-bond acceptors (Lipinski definition) is 4. The van der Waals surface area contributed by atoms with Crippen LogP contribution in [0.3, 0.4) is 0 Å². The highest BCUT2D eigenvalue weighted by Gasteiger charge is 2.22. The van der Waals surface area contributed by atoms with E-state index >= 15 is 0 Å². The number of rotatable bonds is 7.